The zero-order valence-corrected chi connectivity index (χ0v) is 11.6. The normalized spacial score (nSPS) is 18.7. The van der Waals surface area contributed by atoms with Gasteiger partial charge in [0.05, 0.1) is 7.11 Å². The Kier molecular flexibility index (Phi) is 12.0. The van der Waals surface area contributed by atoms with Gasteiger partial charge in [0.25, 0.3) is 0 Å². The molecule has 3 heteroatoms. The Morgan fingerprint density at radius 3 is 1.94 bits per heavy atom. The topological polar surface area (TPSA) is 26.3 Å². The van der Waals surface area contributed by atoms with Crippen LogP contribution < -0.4 is 0 Å². The summed E-state index contributed by atoms with van der Waals surface area (Å²) in [4.78, 5) is 10.7. The van der Waals surface area contributed by atoms with E-state index in [0.29, 0.717) is 6.42 Å². The molecule has 0 N–H and O–H groups in total. The number of carbonyl (C=O) groups is 1. The Morgan fingerprint density at radius 2 is 1.50 bits per heavy atom. The Balaban J connectivity index is 0.000000405. The van der Waals surface area contributed by atoms with Crippen molar-refractivity contribution in [1.29, 1.82) is 0 Å². The summed E-state index contributed by atoms with van der Waals surface area (Å²) < 4.78 is 4.53. The van der Waals surface area contributed by atoms with Crippen molar-refractivity contribution < 1.29 is 26.6 Å². The fraction of sp³-hybridized carbons (Fsp3) is 0.267. The van der Waals surface area contributed by atoms with Crippen LogP contribution >= 0.6 is 0 Å². The third-order valence-corrected chi connectivity index (χ3v) is 2.36. The molecule has 10 radical (unpaired) electrons. The van der Waals surface area contributed by atoms with E-state index < -0.39 is 0 Å². The van der Waals surface area contributed by atoms with Crippen molar-refractivity contribution in [3.05, 3.63) is 63.7 Å². The third kappa shape index (κ3) is 8.99. The van der Waals surface area contributed by atoms with E-state index in [0.717, 1.165) is 12.8 Å². The SMILES string of the molecule is COC(=O)CCC[C]1[CH][CH][CH][CH]1.[CH]1[CH][CH][CH][CH]1.[Fe+2]. The maximum atomic E-state index is 10.7. The number of esters is 1. The van der Waals surface area contributed by atoms with Gasteiger partial charge >= 0.3 is 23.0 Å². The largest absolute Gasteiger partial charge is 2.00 e. The van der Waals surface area contributed by atoms with E-state index in [1.54, 1.807) is 0 Å². The molecule has 0 heterocycles. The van der Waals surface area contributed by atoms with E-state index >= 15 is 0 Å². The maximum Gasteiger partial charge on any atom is 2.00 e. The van der Waals surface area contributed by atoms with Gasteiger partial charge in [0.2, 0.25) is 0 Å². The Morgan fingerprint density at radius 1 is 1.00 bits per heavy atom. The molecule has 0 amide bonds. The van der Waals surface area contributed by atoms with Crippen molar-refractivity contribution in [2.45, 2.75) is 19.3 Å². The fourth-order valence-corrected chi connectivity index (χ4v) is 1.44. The van der Waals surface area contributed by atoms with E-state index in [4.69, 9.17) is 0 Å². The molecule has 0 aromatic rings. The summed E-state index contributed by atoms with van der Waals surface area (Å²) in [6.45, 7) is 0. The van der Waals surface area contributed by atoms with Gasteiger partial charge in [-0.05, 0) is 76.5 Å². The minimum Gasteiger partial charge on any atom is -0.469 e. The second-order valence-corrected chi connectivity index (χ2v) is 3.69. The van der Waals surface area contributed by atoms with Crippen LogP contribution in [0.15, 0.2) is 0 Å². The van der Waals surface area contributed by atoms with Gasteiger partial charge in [-0.25, -0.2) is 0 Å². The summed E-state index contributed by atoms with van der Waals surface area (Å²) in [6.07, 6.45) is 20.5. The second kappa shape index (κ2) is 12.0. The molecular weight excluding hydrogens is 268 g/mol. The first-order chi connectivity index (χ1) is 8.33. The van der Waals surface area contributed by atoms with Crippen molar-refractivity contribution in [3.63, 3.8) is 0 Å². The van der Waals surface area contributed by atoms with E-state index in [-0.39, 0.29) is 23.0 Å². The molecule has 2 nitrogen and oxygen atoms in total. The number of methoxy groups -OCH3 is 1. The first-order valence-corrected chi connectivity index (χ1v) is 5.77. The molecule has 2 rings (SSSR count). The van der Waals surface area contributed by atoms with Crippen LogP contribution in [-0.2, 0) is 26.6 Å². The molecule has 2 saturated carbocycles. The standard InChI is InChI=1S/C10H13O2.C5H5.Fe/c1-12-10(11)8-4-7-9-5-2-3-6-9;1-2-4-5-3-1;/h2-3,5-6H,4,7-8H2,1H3;1-5H;/q;;+2. The van der Waals surface area contributed by atoms with Gasteiger partial charge in [0.1, 0.15) is 0 Å². The molecule has 0 unspecified atom stereocenters. The molecule has 0 spiro atoms. The molecule has 0 bridgehead atoms. The molecule has 2 aliphatic carbocycles. The van der Waals surface area contributed by atoms with Crippen molar-refractivity contribution >= 4 is 5.97 Å². The smallest absolute Gasteiger partial charge is 0.469 e. The first kappa shape index (κ1) is 18.0. The average molecular weight is 286 g/mol. The molecule has 0 aliphatic heterocycles. The Bertz CT molecular complexity index is 189. The van der Waals surface area contributed by atoms with Crippen molar-refractivity contribution in [1.82, 2.24) is 0 Å². The zero-order chi connectivity index (χ0) is 12.3. The summed E-state index contributed by atoms with van der Waals surface area (Å²) in [5, 5.41) is 0. The van der Waals surface area contributed by atoms with E-state index in [9.17, 15) is 4.79 Å². The molecule has 2 aliphatic rings. The summed E-state index contributed by atoms with van der Waals surface area (Å²) in [5.74, 6) is 1.17. The number of rotatable bonds is 4. The monoisotopic (exact) mass is 286 g/mol. The van der Waals surface area contributed by atoms with Crippen molar-refractivity contribution in [2.24, 2.45) is 0 Å². The number of ether oxygens (including phenoxy) is 1. The summed E-state index contributed by atoms with van der Waals surface area (Å²) in [7, 11) is 1.42. The Hall–Kier alpha value is -0.0105. The van der Waals surface area contributed by atoms with Crippen LogP contribution in [0.1, 0.15) is 19.3 Å². The molecule has 0 atom stereocenters. The fourth-order valence-electron chi connectivity index (χ4n) is 1.44. The van der Waals surface area contributed by atoms with E-state index in [2.05, 4.69) is 17.6 Å². The zero-order valence-electron chi connectivity index (χ0n) is 10.5. The predicted molar refractivity (Wildman–Crippen MR) is 67.8 cm³/mol. The number of hydrogen-bond acceptors (Lipinski definition) is 2. The molecule has 96 valence electrons. The minimum atomic E-state index is -0.124. The molecule has 18 heavy (non-hydrogen) atoms. The van der Waals surface area contributed by atoms with Crippen LogP contribution in [-0.4, -0.2) is 13.1 Å². The summed E-state index contributed by atoms with van der Waals surface area (Å²) >= 11 is 0. The quantitative estimate of drug-likeness (QED) is 0.587. The van der Waals surface area contributed by atoms with Gasteiger partial charge in [-0.3, -0.25) is 4.79 Å². The van der Waals surface area contributed by atoms with Gasteiger partial charge in [-0.1, -0.05) is 0 Å². The van der Waals surface area contributed by atoms with Crippen LogP contribution in [0.3, 0.4) is 0 Å². The van der Waals surface area contributed by atoms with E-state index in [1.165, 1.54) is 13.0 Å². The van der Waals surface area contributed by atoms with Gasteiger partial charge < -0.3 is 4.74 Å². The van der Waals surface area contributed by atoms with Crippen LogP contribution in [0, 0.1) is 63.7 Å². The second-order valence-electron chi connectivity index (χ2n) is 3.69. The third-order valence-electron chi connectivity index (χ3n) is 2.36. The predicted octanol–water partition coefficient (Wildman–Crippen LogP) is 2.75. The minimum absolute atomic E-state index is 0. The molecule has 0 aromatic carbocycles. The molecule has 0 aromatic heterocycles. The number of hydrogen-bond donors (Lipinski definition) is 0. The average Bonchev–Trinajstić information content (AvgIpc) is 3.04. The Labute approximate surface area is 123 Å². The molecule has 0 saturated heterocycles. The molecule has 2 fully saturated rings. The van der Waals surface area contributed by atoms with E-state index in [1.807, 2.05) is 44.9 Å². The first-order valence-electron chi connectivity index (χ1n) is 5.77. The van der Waals surface area contributed by atoms with Crippen LogP contribution in [0.2, 0.25) is 0 Å². The maximum absolute atomic E-state index is 10.7. The number of carbonyl (C=O) groups excluding carboxylic acids is 1. The summed E-state index contributed by atoms with van der Waals surface area (Å²) in [5.41, 5.74) is 0. The van der Waals surface area contributed by atoms with Gasteiger partial charge in [-0.2, -0.15) is 0 Å². The van der Waals surface area contributed by atoms with Gasteiger partial charge in [0, 0.05) is 6.42 Å². The van der Waals surface area contributed by atoms with Crippen molar-refractivity contribution in [2.75, 3.05) is 7.11 Å². The van der Waals surface area contributed by atoms with Gasteiger partial charge in [-0.15, -0.1) is 0 Å². The van der Waals surface area contributed by atoms with Crippen molar-refractivity contribution in [3.8, 4) is 0 Å². The summed E-state index contributed by atoms with van der Waals surface area (Å²) in [6, 6.07) is 0. The molecular formula is C15H18FeO2+2. The van der Waals surface area contributed by atoms with Crippen LogP contribution in [0.4, 0.5) is 0 Å². The van der Waals surface area contributed by atoms with Gasteiger partial charge in [0.15, 0.2) is 0 Å². The van der Waals surface area contributed by atoms with Crippen LogP contribution in [0.5, 0.6) is 0 Å². The van der Waals surface area contributed by atoms with Crippen LogP contribution in [0.25, 0.3) is 0 Å².